The summed E-state index contributed by atoms with van der Waals surface area (Å²) in [7, 11) is 0. The molecule has 0 saturated carbocycles. The first-order chi connectivity index (χ1) is 9.08. The van der Waals surface area contributed by atoms with Crippen LogP contribution in [0.15, 0.2) is 42.5 Å². The average molecular weight is 295 g/mol. The molecule has 19 heavy (non-hydrogen) atoms. The van der Waals surface area contributed by atoms with Crippen molar-refractivity contribution in [2.45, 2.75) is 13.3 Å². The Morgan fingerprint density at radius 1 is 1.05 bits per heavy atom. The van der Waals surface area contributed by atoms with Crippen LogP contribution >= 0.6 is 23.2 Å². The van der Waals surface area contributed by atoms with Crippen LogP contribution in [0.3, 0.4) is 0 Å². The monoisotopic (exact) mass is 294 g/mol. The molecule has 4 heteroatoms. The Morgan fingerprint density at radius 3 is 2.32 bits per heavy atom. The van der Waals surface area contributed by atoms with Gasteiger partial charge in [0.25, 0.3) is 0 Å². The van der Waals surface area contributed by atoms with E-state index in [0.717, 1.165) is 5.56 Å². The topological polar surface area (TPSA) is 26.3 Å². The predicted molar refractivity (Wildman–Crippen MR) is 77.0 cm³/mol. The van der Waals surface area contributed by atoms with Gasteiger partial charge in [-0.05, 0) is 30.7 Å². The van der Waals surface area contributed by atoms with E-state index in [9.17, 15) is 4.79 Å². The SMILES string of the molecule is Cc1ccccc1OC(=O)Cc1c(Cl)cccc1Cl. The van der Waals surface area contributed by atoms with E-state index in [1.54, 1.807) is 24.3 Å². The molecular formula is C15H12Cl2O2. The number of ether oxygens (including phenoxy) is 1. The van der Waals surface area contributed by atoms with Gasteiger partial charge in [-0.2, -0.15) is 0 Å². The fourth-order valence-electron chi connectivity index (χ4n) is 1.68. The van der Waals surface area contributed by atoms with Gasteiger partial charge in [0, 0.05) is 15.6 Å². The number of carbonyl (C=O) groups is 1. The smallest absolute Gasteiger partial charge is 0.315 e. The van der Waals surface area contributed by atoms with Crippen LogP contribution in [0.2, 0.25) is 10.0 Å². The summed E-state index contributed by atoms with van der Waals surface area (Å²) in [6.07, 6.45) is 0.0485. The molecular weight excluding hydrogens is 283 g/mol. The molecule has 0 aromatic heterocycles. The third-order valence-electron chi connectivity index (χ3n) is 2.70. The maximum atomic E-state index is 11.9. The molecule has 0 spiro atoms. The molecule has 2 aromatic carbocycles. The van der Waals surface area contributed by atoms with Crippen LogP contribution in [0.1, 0.15) is 11.1 Å². The first kappa shape index (κ1) is 13.9. The van der Waals surface area contributed by atoms with Gasteiger partial charge in [-0.1, -0.05) is 47.5 Å². The summed E-state index contributed by atoms with van der Waals surface area (Å²) in [5, 5.41) is 0.934. The Labute approximate surface area is 121 Å². The lowest BCUT2D eigenvalue weighted by Gasteiger charge is -2.09. The number of benzene rings is 2. The summed E-state index contributed by atoms with van der Waals surface area (Å²) in [6, 6.07) is 12.5. The molecule has 0 atom stereocenters. The third kappa shape index (κ3) is 3.49. The maximum absolute atomic E-state index is 11.9. The van der Waals surface area contributed by atoms with E-state index in [4.69, 9.17) is 27.9 Å². The highest BCUT2D eigenvalue weighted by Gasteiger charge is 2.13. The van der Waals surface area contributed by atoms with Gasteiger partial charge in [0.15, 0.2) is 0 Å². The van der Waals surface area contributed by atoms with Crippen LogP contribution in [-0.4, -0.2) is 5.97 Å². The van der Waals surface area contributed by atoms with E-state index in [-0.39, 0.29) is 12.4 Å². The Kier molecular flexibility index (Phi) is 4.46. The number of para-hydroxylation sites is 1. The van der Waals surface area contributed by atoms with Crippen molar-refractivity contribution in [3.8, 4) is 5.75 Å². The summed E-state index contributed by atoms with van der Waals surface area (Å²) >= 11 is 12.0. The molecule has 0 N–H and O–H groups in total. The zero-order chi connectivity index (χ0) is 13.8. The van der Waals surface area contributed by atoms with Crippen molar-refractivity contribution in [1.82, 2.24) is 0 Å². The number of hydrogen-bond donors (Lipinski definition) is 0. The fraction of sp³-hybridized carbons (Fsp3) is 0.133. The van der Waals surface area contributed by atoms with Crippen LogP contribution in [0.25, 0.3) is 0 Å². The molecule has 2 aromatic rings. The predicted octanol–water partition coefficient (Wildman–Crippen LogP) is 4.45. The van der Waals surface area contributed by atoms with Crippen LogP contribution in [0, 0.1) is 6.92 Å². The standard InChI is InChI=1S/C15H12Cl2O2/c1-10-5-2-3-8-14(10)19-15(18)9-11-12(16)6-4-7-13(11)17/h2-8H,9H2,1H3. The van der Waals surface area contributed by atoms with E-state index in [2.05, 4.69) is 0 Å². The molecule has 0 aliphatic carbocycles. The molecule has 98 valence electrons. The summed E-state index contributed by atoms with van der Waals surface area (Å²) in [5.41, 5.74) is 1.49. The molecule has 2 rings (SSSR count). The molecule has 0 radical (unpaired) electrons. The Bertz CT molecular complexity index is 589. The van der Waals surface area contributed by atoms with Gasteiger partial charge >= 0.3 is 5.97 Å². The lowest BCUT2D eigenvalue weighted by molar-refractivity contribution is -0.133. The van der Waals surface area contributed by atoms with Crippen LogP contribution in [-0.2, 0) is 11.2 Å². The number of halogens is 2. The average Bonchev–Trinajstić information content (AvgIpc) is 2.37. The summed E-state index contributed by atoms with van der Waals surface area (Å²) in [4.78, 5) is 11.9. The lowest BCUT2D eigenvalue weighted by Crippen LogP contribution is -2.12. The van der Waals surface area contributed by atoms with Gasteiger partial charge in [-0.3, -0.25) is 4.79 Å². The molecule has 2 nitrogen and oxygen atoms in total. The van der Waals surface area contributed by atoms with Crippen LogP contribution in [0.4, 0.5) is 0 Å². The second-order valence-corrected chi connectivity index (χ2v) is 4.93. The number of carbonyl (C=O) groups excluding carboxylic acids is 1. The molecule has 0 aliphatic heterocycles. The van der Waals surface area contributed by atoms with Gasteiger partial charge in [0.2, 0.25) is 0 Å². The van der Waals surface area contributed by atoms with E-state index in [1.165, 1.54) is 0 Å². The number of esters is 1. The Hall–Kier alpha value is -1.51. The minimum absolute atomic E-state index is 0.0485. The van der Waals surface area contributed by atoms with E-state index >= 15 is 0 Å². The van der Waals surface area contributed by atoms with Crippen molar-refractivity contribution in [3.63, 3.8) is 0 Å². The summed E-state index contributed by atoms with van der Waals surface area (Å²) < 4.78 is 5.30. The first-order valence-electron chi connectivity index (χ1n) is 5.77. The zero-order valence-corrected chi connectivity index (χ0v) is 11.8. The van der Waals surface area contributed by atoms with Gasteiger partial charge < -0.3 is 4.74 Å². The fourth-order valence-corrected chi connectivity index (χ4v) is 2.21. The summed E-state index contributed by atoms with van der Waals surface area (Å²) in [5.74, 6) is 0.167. The largest absolute Gasteiger partial charge is 0.426 e. The maximum Gasteiger partial charge on any atom is 0.315 e. The number of aryl methyl sites for hydroxylation is 1. The second-order valence-electron chi connectivity index (χ2n) is 4.12. The summed E-state index contributed by atoms with van der Waals surface area (Å²) in [6.45, 7) is 1.88. The molecule has 0 heterocycles. The van der Waals surface area contributed by atoms with E-state index in [0.29, 0.717) is 21.4 Å². The number of hydrogen-bond acceptors (Lipinski definition) is 2. The van der Waals surface area contributed by atoms with Crippen molar-refractivity contribution in [3.05, 3.63) is 63.6 Å². The normalized spacial score (nSPS) is 10.3. The lowest BCUT2D eigenvalue weighted by atomic mass is 10.1. The van der Waals surface area contributed by atoms with Crippen molar-refractivity contribution in [2.75, 3.05) is 0 Å². The van der Waals surface area contributed by atoms with E-state index < -0.39 is 0 Å². The van der Waals surface area contributed by atoms with Crippen LogP contribution < -0.4 is 4.74 Å². The van der Waals surface area contributed by atoms with E-state index in [1.807, 2.05) is 25.1 Å². The van der Waals surface area contributed by atoms with Gasteiger partial charge in [0.1, 0.15) is 5.75 Å². The molecule has 0 amide bonds. The van der Waals surface area contributed by atoms with Gasteiger partial charge in [-0.25, -0.2) is 0 Å². The zero-order valence-electron chi connectivity index (χ0n) is 10.3. The molecule has 0 aliphatic rings. The quantitative estimate of drug-likeness (QED) is 0.617. The van der Waals surface area contributed by atoms with Gasteiger partial charge in [0.05, 0.1) is 6.42 Å². The van der Waals surface area contributed by atoms with Crippen molar-refractivity contribution in [1.29, 1.82) is 0 Å². The second kappa shape index (κ2) is 6.09. The minimum atomic E-state index is -0.385. The Balaban J connectivity index is 2.12. The Morgan fingerprint density at radius 2 is 1.68 bits per heavy atom. The van der Waals surface area contributed by atoms with Crippen LogP contribution in [0.5, 0.6) is 5.75 Å². The third-order valence-corrected chi connectivity index (χ3v) is 3.41. The van der Waals surface area contributed by atoms with Gasteiger partial charge in [-0.15, -0.1) is 0 Å². The van der Waals surface area contributed by atoms with Crippen molar-refractivity contribution in [2.24, 2.45) is 0 Å². The highest BCUT2D eigenvalue weighted by molar-refractivity contribution is 6.36. The molecule has 0 saturated heterocycles. The minimum Gasteiger partial charge on any atom is -0.426 e. The van der Waals surface area contributed by atoms with Crippen molar-refractivity contribution < 1.29 is 9.53 Å². The highest BCUT2D eigenvalue weighted by Crippen LogP contribution is 2.25. The molecule has 0 fully saturated rings. The first-order valence-corrected chi connectivity index (χ1v) is 6.52. The molecule has 0 bridgehead atoms. The molecule has 0 unspecified atom stereocenters. The highest BCUT2D eigenvalue weighted by atomic mass is 35.5. The van der Waals surface area contributed by atoms with Crippen molar-refractivity contribution >= 4 is 29.2 Å². The number of rotatable bonds is 3.